The Morgan fingerprint density at radius 1 is 1.17 bits per heavy atom. The molecule has 0 spiro atoms. The number of hydrogen-bond acceptors (Lipinski definition) is 2. The number of carbonyl (C=O) groups is 2. The number of hydrogen-bond donors (Lipinski definition) is 1. The van der Waals surface area contributed by atoms with Crippen LogP contribution in [-0.2, 0) is 4.79 Å². The first kappa shape index (κ1) is 15.2. The largest absolute Gasteiger partial charge is 0.322 e. The smallest absolute Gasteiger partial charge is 0.256 e. The molecule has 4 nitrogen and oxygen atoms in total. The molecule has 1 fully saturated rings. The molecule has 0 unspecified atom stereocenters. The maximum atomic E-state index is 13.3. The topological polar surface area (TPSA) is 49.4 Å². The SMILES string of the molecule is Cc1ccc(F)cc1C(=O)Nc1ccc(N2CCCC2=O)cc1. The first-order chi connectivity index (χ1) is 11.0. The monoisotopic (exact) mass is 312 g/mol. The molecule has 3 rings (SSSR count). The first-order valence-corrected chi connectivity index (χ1v) is 7.52. The van der Waals surface area contributed by atoms with Crippen LogP contribution in [0.2, 0.25) is 0 Å². The van der Waals surface area contributed by atoms with Crippen molar-refractivity contribution in [2.45, 2.75) is 19.8 Å². The van der Waals surface area contributed by atoms with Gasteiger partial charge in [0.15, 0.2) is 0 Å². The minimum atomic E-state index is -0.441. The fraction of sp³-hybridized carbons (Fsp3) is 0.222. The molecule has 1 aliphatic heterocycles. The van der Waals surface area contributed by atoms with Crippen molar-refractivity contribution in [1.82, 2.24) is 0 Å². The van der Waals surface area contributed by atoms with Gasteiger partial charge in [-0.05, 0) is 55.3 Å². The highest BCUT2D eigenvalue weighted by atomic mass is 19.1. The van der Waals surface area contributed by atoms with E-state index in [1.54, 1.807) is 42.2 Å². The summed E-state index contributed by atoms with van der Waals surface area (Å²) in [4.78, 5) is 25.7. The standard InChI is InChI=1S/C18H17FN2O2/c1-12-4-5-13(19)11-16(12)18(23)20-14-6-8-15(9-7-14)21-10-2-3-17(21)22/h4-9,11H,2-3,10H2,1H3,(H,20,23). The molecular weight excluding hydrogens is 295 g/mol. The van der Waals surface area contributed by atoms with Gasteiger partial charge in [-0.2, -0.15) is 0 Å². The van der Waals surface area contributed by atoms with Crippen molar-refractivity contribution in [3.8, 4) is 0 Å². The lowest BCUT2D eigenvalue weighted by Crippen LogP contribution is -2.23. The Balaban J connectivity index is 1.74. The maximum Gasteiger partial charge on any atom is 0.256 e. The molecule has 118 valence electrons. The second kappa shape index (κ2) is 6.20. The molecule has 2 aromatic carbocycles. The van der Waals surface area contributed by atoms with E-state index in [0.717, 1.165) is 18.7 Å². The molecule has 0 atom stereocenters. The molecule has 1 N–H and O–H groups in total. The van der Waals surface area contributed by atoms with E-state index in [0.29, 0.717) is 23.2 Å². The summed E-state index contributed by atoms with van der Waals surface area (Å²) in [7, 11) is 0. The summed E-state index contributed by atoms with van der Waals surface area (Å²) in [5.41, 5.74) is 2.45. The van der Waals surface area contributed by atoms with E-state index < -0.39 is 5.82 Å². The summed E-state index contributed by atoms with van der Waals surface area (Å²) in [5.74, 6) is -0.673. The molecular formula is C18H17FN2O2. The average Bonchev–Trinajstić information content (AvgIpc) is 2.96. The number of amides is 2. The molecule has 23 heavy (non-hydrogen) atoms. The molecule has 0 bridgehead atoms. The molecule has 2 aromatic rings. The summed E-state index contributed by atoms with van der Waals surface area (Å²) in [6.07, 6.45) is 1.45. The maximum absolute atomic E-state index is 13.3. The van der Waals surface area contributed by atoms with Gasteiger partial charge in [0.1, 0.15) is 5.82 Å². The third-order valence-electron chi connectivity index (χ3n) is 3.95. The zero-order valence-electron chi connectivity index (χ0n) is 12.8. The first-order valence-electron chi connectivity index (χ1n) is 7.52. The highest BCUT2D eigenvalue weighted by Crippen LogP contribution is 2.23. The van der Waals surface area contributed by atoms with Gasteiger partial charge in [-0.25, -0.2) is 4.39 Å². The van der Waals surface area contributed by atoms with Gasteiger partial charge in [0, 0.05) is 29.9 Å². The van der Waals surface area contributed by atoms with Gasteiger partial charge in [-0.15, -0.1) is 0 Å². The summed E-state index contributed by atoms with van der Waals surface area (Å²) >= 11 is 0. The molecule has 1 saturated heterocycles. The lowest BCUT2D eigenvalue weighted by Gasteiger charge is -2.16. The van der Waals surface area contributed by atoms with Crippen LogP contribution in [0.4, 0.5) is 15.8 Å². The number of nitrogens with zero attached hydrogens (tertiary/aromatic N) is 1. The van der Waals surface area contributed by atoms with Crippen LogP contribution >= 0.6 is 0 Å². The number of rotatable bonds is 3. The van der Waals surface area contributed by atoms with Gasteiger partial charge in [-0.3, -0.25) is 9.59 Å². The molecule has 0 aromatic heterocycles. The summed E-state index contributed by atoms with van der Waals surface area (Å²) in [6.45, 7) is 2.49. The molecule has 5 heteroatoms. The van der Waals surface area contributed by atoms with Crippen LogP contribution in [0.15, 0.2) is 42.5 Å². The predicted molar refractivity (Wildman–Crippen MR) is 87.1 cm³/mol. The minimum absolute atomic E-state index is 0.122. The minimum Gasteiger partial charge on any atom is -0.322 e. The van der Waals surface area contributed by atoms with E-state index in [2.05, 4.69) is 5.32 Å². The van der Waals surface area contributed by atoms with Crippen molar-refractivity contribution in [2.75, 3.05) is 16.8 Å². The van der Waals surface area contributed by atoms with Crippen molar-refractivity contribution in [3.63, 3.8) is 0 Å². The highest BCUT2D eigenvalue weighted by molar-refractivity contribution is 6.05. The van der Waals surface area contributed by atoms with Gasteiger partial charge in [0.2, 0.25) is 5.91 Å². The molecule has 0 aliphatic carbocycles. The number of benzene rings is 2. The van der Waals surface area contributed by atoms with Crippen molar-refractivity contribution < 1.29 is 14.0 Å². The van der Waals surface area contributed by atoms with Gasteiger partial charge >= 0.3 is 0 Å². The summed E-state index contributed by atoms with van der Waals surface area (Å²) in [5, 5.41) is 2.75. The Kier molecular flexibility index (Phi) is 4.10. The Morgan fingerprint density at radius 3 is 2.57 bits per heavy atom. The van der Waals surface area contributed by atoms with Crippen LogP contribution in [-0.4, -0.2) is 18.4 Å². The highest BCUT2D eigenvalue weighted by Gasteiger charge is 2.21. The van der Waals surface area contributed by atoms with E-state index in [9.17, 15) is 14.0 Å². The van der Waals surface area contributed by atoms with Crippen molar-refractivity contribution in [1.29, 1.82) is 0 Å². The van der Waals surface area contributed by atoms with Crippen LogP contribution in [0.1, 0.15) is 28.8 Å². The zero-order valence-corrected chi connectivity index (χ0v) is 12.8. The van der Waals surface area contributed by atoms with Gasteiger partial charge in [0.05, 0.1) is 0 Å². The lowest BCUT2D eigenvalue weighted by molar-refractivity contribution is -0.117. The molecule has 1 heterocycles. The molecule has 2 amide bonds. The van der Waals surface area contributed by atoms with Gasteiger partial charge in [0.25, 0.3) is 5.91 Å². The fourth-order valence-corrected chi connectivity index (χ4v) is 2.68. The molecule has 0 saturated carbocycles. The zero-order chi connectivity index (χ0) is 16.4. The van der Waals surface area contributed by atoms with E-state index >= 15 is 0 Å². The number of nitrogens with one attached hydrogen (secondary N) is 1. The van der Waals surface area contributed by atoms with Crippen LogP contribution in [0.25, 0.3) is 0 Å². The Labute approximate surface area is 133 Å². The number of anilines is 2. The Bertz CT molecular complexity index is 756. The Hall–Kier alpha value is -2.69. The summed E-state index contributed by atoms with van der Waals surface area (Å²) < 4.78 is 13.3. The molecule has 0 radical (unpaired) electrons. The van der Waals surface area contributed by atoms with Crippen LogP contribution in [0.3, 0.4) is 0 Å². The van der Waals surface area contributed by atoms with E-state index in [1.807, 2.05) is 0 Å². The van der Waals surface area contributed by atoms with E-state index in [4.69, 9.17) is 0 Å². The van der Waals surface area contributed by atoms with E-state index in [-0.39, 0.29) is 11.8 Å². The quantitative estimate of drug-likeness (QED) is 0.943. The third kappa shape index (κ3) is 3.23. The molecule has 1 aliphatic rings. The van der Waals surface area contributed by atoms with Crippen LogP contribution < -0.4 is 10.2 Å². The predicted octanol–water partition coefficient (Wildman–Crippen LogP) is 3.51. The fourth-order valence-electron chi connectivity index (χ4n) is 2.68. The van der Waals surface area contributed by atoms with Crippen molar-refractivity contribution >= 4 is 23.2 Å². The van der Waals surface area contributed by atoms with Crippen LogP contribution in [0, 0.1) is 12.7 Å². The van der Waals surface area contributed by atoms with Crippen LogP contribution in [0.5, 0.6) is 0 Å². The second-order valence-electron chi connectivity index (χ2n) is 5.61. The normalized spacial score (nSPS) is 14.2. The average molecular weight is 312 g/mol. The number of aryl methyl sites for hydroxylation is 1. The van der Waals surface area contributed by atoms with Gasteiger partial charge < -0.3 is 10.2 Å². The third-order valence-corrected chi connectivity index (χ3v) is 3.95. The summed E-state index contributed by atoms with van der Waals surface area (Å²) in [6, 6.07) is 11.2. The number of halogens is 1. The lowest BCUT2D eigenvalue weighted by atomic mass is 10.1. The number of carbonyl (C=O) groups excluding carboxylic acids is 2. The van der Waals surface area contributed by atoms with Crippen molar-refractivity contribution in [3.05, 3.63) is 59.4 Å². The van der Waals surface area contributed by atoms with E-state index in [1.165, 1.54) is 12.1 Å². The Morgan fingerprint density at radius 2 is 1.91 bits per heavy atom. The second-order valence-corrected chi connectivity index (χ2v) is 5.61. The van der Waals surface area contributed by atoms with Crippen molar-refractivity contribution in [2.24, 2.45) is 0 Å². The van der Waals surface area contributed by atoms with Gasteiger partial charge in [-0.1, -0.05) is 6.07 Å².